The van der Waals surface area contributed by atoms with Crippen LogP contribution in [-0.2, 0) is 22.7 Å². The minimum absolute atomic E-state index is 0.0332. The third-order valence-corrected chi connectivity index (χ3v) is 6.70. The van der Waals surface area contributed by atoms with Crippen LogP contribution in [0.15, 0.2) is 29.5 Å². The second kappa shape index (κ2) is 11.1. The van der Waals surface area contributed by atoms with E-state index in [1.54, 1.807) is 12.1 Å². The number of nitrogens with zero attached hydrogens (tertiary/aromatic N) is 2. The highest BCUT2D eigenvalue weighted by Crippen LogP contribution is 2.38. The van der Waals surface area contributed by atoms with Gasteiger partial charge in [0.1, 0.15) is 5.70 Å². The number of aliphatic carboxylic acids is 1. The van der Waals surface area contributed by atoms with Gasteiger partial charge in [-0.25, -0.2) is 0 Å². The maximum Gasteiger partial charge on any atom is 0.432 e. The van der Waals surface area contributed by atoms with Gasteiger partial charge in [0.05, 0.1) is 25.3 Å². The molecule has 36 heavy (non-hydrogen) atoms. The number of carboxylic acid groups (broad SMARTS) is 1. The molecule has 1 saturated heterocycles. The van der Waals surface area contributed by atoms with Crippen LogP contribution in [0.2, 0.25) is 0 Å². The summed E-state index contributed by atoms with van der Waals surface area (Å²) in [5, 5.41) is 33.7. The van der Waals surface area contributed by atoms with Gasteiger partial charge in [0, 0.05) is 42.6 Å². The molecular weight excluding hydrogens is 481 g/mol. The summed E-state index contributed by atoms with van der Waals surface area (Å²) in [4.78, 5) is 13.0. The normalized spacial score (nSPS) is 21.4. The molecule has 3 heterocycles. The van der Waals surface area contributed by atoms with Crippen LogP contribution in [0.4, 0.5) is 18.9 Å². The van der Waals surface area contributed by atoms with E-state index in [0.717, 1.165) is 25.5 Å². The van der Waals surface area contributed by atoms with Crippen molar-refractivity contribution >= 4 is 17.4 Å². The van der Waals surface area contributed by atoms with Crippen molar-refractivity contribution in [3.05, 3.63) is 46.2 Å². The molecule has 0 saturated carbocycles. The summed E-state index contributed by atoms with van der Waals surface area (Å²) in [5.74, 6) is -0.841. The average molecular weight is 513 g/mol. The van der Waals surface area contributed by atoms with Crippen LogP contribution >= 0.6 is 0 Å². The van der Waals surface area contributed by atoms with Crippen LogP contribution in [-0.4, -0.2) is 69.9 Å². The van der Waals surface area contributed by atoms with Crippen LogP contribution in [0.25, 0.3) is 5.70 Å². The number of fused-ring (bicyclic) bond motifs is 2. The fourth-order valence-electron chi connectivity index (χ4n) is 4.99. The van der Waals surface area contributed by atoms with Crippen molar-refractivity contribution in [3.63, 3.8) is 0 Å². The number of allylic oxidation sites excluding steroid dienone is 3. The molecule has 3 aliphatic rings. The lowest BCUT2D eigenvalue weighted by atomic mass is 9.93. The summed E-state index contributed by atoms with van der Waals surface area (Å²) in [6.07, 6.45) is -1.06. The van der Waals surface area contributed by atoms with Gasteiger partial charge < -0.3 is 25.2 Å². The van der Waals surface area contributed by atoms with Crippen molar-refractivity contribution in [1.82, 2.24) is 15.5 Å². The zero-order chi connectivity index (χ0) is 25.9. The lowest BCUT2D eigenvalue weighted by molar-refractivity contribution is -0.137. The van der Waals surface area contributed by atoms with E-state index in [1.165, 1.54) is 0 Å². The number of hydroxylamine groups is 1. The monoisotopic (exact) mass is 512 g/mol. The van der Waals surface area contributed by atoms with Crippen LogP contribution in [0.1, 0.15) is 48.8 Å². The van der Waals surface area contributed by atoms with Crippen LogP contribution in [0.5, 0.6) is 0 Å². The zero-order valence-corrected chi connectivity index (χ0v) is 19.8. The lowest BCUT2D eigenvalue weighted by Crippen LogP contribution is -2.43. The highest BCUT2D eigenvalue weighted by atomic mass is 19.4. The Hall–Kier alpha value is -2.80. The fraction of sp³-hybridized carbons (Fsp3) is 0.542. The number of alkyl halides is 3. The van der Waals surface area contributed by atoms with E-state index in [2.05, 4.69) is 10.2 Å². The van der Waals surface area contributed by atoms with E-state index in [0.29, 0.717) is 59.2 Å². The Morgan fingerprint density at radius 1 is 1.28 bits per heavy atom. The van der Waals surface area contributed by atoms with Gasteiger partial charge >= 0.3 is 12.1 Å². The van der Waals surface area contributed by atoms with Crippen LogP contribution < -0.4 is 10.7 Å². The number of likely N-dealkylation sites (tertiary alicyclic amines) is 1. The molecule has 1 fully saturated rings. The number of hydrazine groups is 1. The predicted molar refractivity (Wildman–Crippen MR) is 124 cm³/mol. The molecule has 0 spiro atoms. The second-order valence-corrected chi connectivity index (χ2v) is 9.21. The molecule has 4 rings (SSSR count). The van der Waals surface area contributed by atoms with Gasteiger partial charge in [0.2, 0.25) is 0 Å². The van der Waals surface area contributed by atoms with Crippen LogP contribution in [0, 0.1) is 0 Å². The summed E-state index contributed by atoms with van der Waals surface area (Å²) in [6.45, 7) is 2.03. The second-order valence-electron chi connectivity index (χ2n) is 9.21. The lowest BCUT2D eigenvalue weighted by Gasteiger charge is -2.34. The number of aliphatic hydroxyl groups is 1. The number of piperidine rings is 1. The van der Waals surface area contributed by atoms with Gasteiger partial charge in [-0.1, -0.05) is 6.07 Å². The number of ether oxygens (including phenoxy) is 1. The Labute approximate surface area is 206 Å². The molecule has 198 valence electrons. The maximum absolute atomic E-state index is 13.4. The number of hydrogen-bond acceptors (Lipinski definition) is 8. The Balaban J connectivity index is 1.67. The number of halogens is 3. The fourth-order valence-corrected chi connectivity index (χ4v) is 4.99. The standard InChI is InChI=1S/C24H31F3N4O5/c25-24(26,27)21-11-15-3-2-10-36-14-19-17(23(15)31(35)29-21)5-6-20(18(19)13-32)28-16-4-1-8-30(12-16)9-7-22(33)34/h5-6,11,16,28-29,32,35H,1-4,7-10,12-14H2,(H,33,34)/t16-/m1/s1. The minimum Gasteiger partial charge on any atom is -0.481 e. The van der Waals surface area contributed by atoms with E-state index in [-0.39, 0.29) is 37.8 Å². The first-order valence-corrected chi connectivity index (χ1v) is 12.0. The smallest absolute Gasteiger partial charge is 0.432 e. The molecular formula is C24H31F3N4O5. The minimum atomic E-state index is -4.65. The first kappa shape index (κ1) is 26.3. The van der Waals surface area contributed by atoms with E-state index >= 15 is 0 Å². The summed E-state index contributed by atoms with van der Waals surface area (Å²) < 4.78 is 45.8. The van der Waals surface area contributed by atoms with E-state index in [9.17, 15) is 28.3 Å². The Bertz CT molecular complexity index is 1040. The average Bonchev–Trinajstić information content (AvgIpc) is 2.91. The predicted octanol–water partition coefficient (Wildman–Crippen LogP) is 3.21. The zero-order valence-electron chi connectivity index (χ0n) is 19.8. The SMILES string of the molecule is O=C(O)CCN1CCC[C@@H](Nc2ccc3c(c2CO)COCCCC2=C3N(O)NC(C(F)(F)F)=C2)C1. The number of aliphatic hydroxyl groups excluding tert-OH is 1. The Morgan fingerprint density at radius 2 is 2.08 bits per heavy atom. The number of hydrogen-bond donors (Lipinski definition) is 5. The molecule has 0 radical (unpaired) electrons. The number of anilines is 1. The van der Waals surface area contributed by atoms with Crippen LogP contribution in [0.3, 0.4) is 0 Å². The van der Waals surface area contributed by atoms with Gasteiger partial charge in [0.15, 0.2) is 0 Å². The number of carboxylic acids is 1. The molecule has 12 heteroatoms. The van der Waals surface area contributed by atoms with Crippen molar-refractivity contribution in [2.24, 2.45) is 0 Å². The molecule has 0 bridgehead atoms. The molecule has 0 aromatic heterocycles. The van der Waals surface area contributed by atoms with Crippen molar-refractivity contribution in [2.45, 2.75) is 57.5 Å². The summed E-state index contributed by atoms with van der Waals surface area (Å²) in [5.41, 5.74) is 3.74. The third-order valence-electron chi connectivity index (χ3n) is 6.70. The van der Waals surface area contributed by atoms with E-state index < -0.39 is 17.8 Å². The van der Waals surface area contributed by atoms with E-state index in [4.69, 9.17) is 9.84 Å². The maximum atomic E-state index is 13.4. The molecule has 5 N–H and O–H groups in total. The van der Waals surface area contributed by atoms with Gasteiger partial charge in [-0.2, -0.15) is 18.3 Å². The molecule has 1 aromatic rings. The summed E-state index contributed by atoms with van der Waals surface area (Å²) in [7, 11) is 0. The third kappa shape index (κ3) is 5.94. The largest absolute Gasteiger partial charge is 0.481 e. The van der Waals surface area contributed by atoms with Crippen molar-refractivity contribution in [3.8, 4) is 0 Å². The quantitative estimate of drug-likeness (QED) is 0.392. The highest BCUT2D eigenvalue weighted by Gasteiger charge is 2.39. The number of nitrogens with one attached hydrogen (secondary N) is 2. The number of carbonyl (C=O) groups is 1. The Morgan fingerprint density at radius 3 is 2.81 bits per heavy atom. The van der Waals surface area contributed by atoms with Gasteiger partial charge in [-0.3, -0.25) is 15.4 Å². The topological polar surface area (TPSA) is 118 Å². The number of benzene rings is 1. The van der Waals surface area contributed by atoms with Crippen molar-refractivity contribution in [1.29, 1.82) is 0 Å². The number of rotatable bonds is 6. The first-order chi connectivity index (χ1) is 17.2. The van der Waals surface area contributed by atoms with Gasteiger partial charge in [-0.15, -0.1) is 0 Å². The van der Waals surface area contributed by atoms with E-state index in [1.807, 2.05) is 5.43 Å². The molecule has 1 atom stereocenters. The highest BCUT2D eigenvalue weighted by molar-refractivity contribution is 5.76. The summed E-state index contributed by atoms with van der Waals surface area (Å²) >= 11 is 0. The molecule has 0 unspecified atom stereocenters. The summed E-state index contributed by atoms with van der Waals surface area (Å²) in [6, 6.07) is 3.49. The van der Waals surface area contributed by atoms with Gasteiger partial charge in [0.25, 0.3) is 0 Å². The Kier molecular flexibility index (Phi) is 8.08. The molecule has 1 aromatic carbocycles. The molecule has 0 aliphatic carbocycles. The first-order valence-electron chi connectivity index (χ1n) is 12.0. The molecule has 0 amide bonds. The van der Waals surface area contributed by atoms with Crippen molar-refractivity contribution in [2.75, 3.05) is 31.6 Å². The van der Waals surface area contributed by atoms with Gasteiger partial charge in [-0.05, 0) is 55.5 Å². The van der Waals surface area contributed by atoms with Crippen molar-refractivity contribution < 1.29 is 38.1 Å². The molecule has 3 aliphatic heterocycles. The molecule has 9 nitrogen and oxygen atoms in total.